The highest BCUT2D eigenvalue weighted by Gasteiger charge is 2.20. The van der Waals surface area contributed by atoms with Gasteiger partial charge in [-0.15, -0.1) is 0 Å². The first-order valence-electron chi connectivity index (χ1n) is 4.85. The zero-order valence-electron chi connectivity index (χ0n) is 9.06. The van der Waals surface area contributed by atoms with Gasteiger partial charge < -0.3 is 16.2 Å². The summed E-state index contributed by atoms with van der Waals surface area (Å²) in [5, 5.41) is 22.5. The lowest BCUT2D eigenvalue weighted by Gasteiger charge is -2.08. The Hall–Kier alpha value is -2.57. The minimum atomic E-state index is -0.709. The molecule has 7 heteroatoms. The second kappa shape index (κ2) is 4.12. The number of aromatic amines is 1. The number of nitrogens with two attached hydrogens (primary N) is 1. The molecule has 0 radical (unpaired) electrons. The summed E-state index contributed by atoms with van der Waals surface area (Å²) in [5.74, 6) is -0.715. The van der Waals surface area contributed by atoms with Crippen LogP contribution >= 0.6 is 0 Å². The van der Waals surface area contributed by atoms with Gasteiger partial charge in [-0.1, -0.05) is 6.07 Å². The quantitative estimate of drug-likeness (QED) is 0.609. The van der Waals surface area contributed by atoms with Gasteiger partial charge in [0.1, 0.15) is 11.4 Å². The average molecular weight is 233 g/mol. The summed E-state index contributed by atoms with van der Waals surface area (Å²) >= 11 is 0. The van der Waals surface area contributed by atoms with Crippen molar-refractivity contribution in [3.8, 4) is 17.0 Å². The number of phenolic OH excluding ortho intramolecular Hbond substituents is 1. The van der Waals surface area contributed by atoms with Crippen LogP contribution in [0.2, 0.25) is 0 Å². The van der Waals surface area contributed by atoms with Gasteiger partial charge in [-0.3, -0.25) is 4.79 Å². The number of rotatable bonds is 3. The van der Waals surface area contributed by atoms with Gasteiger partial charge in [-0.2, -0.15) is 15.4 Å². The molecule has 0 atom stereocenters. The van der Waals surface area contributed by atoms with E-state index in [1.54, 1.807) is 19.2 Å². The number of phenols is 1. The number of nitrogens with zero attached hydrogens (tertiary/aromatic N) is 2. The second-order valence-electron chi connectivity index (χ2n) is 3.33. The van der Waals surface area contributed by atoms with Crippen molar-refractivity contribution in [2.24, 2.45) is 5.73 Å². The largest absolute Gasteiger partial charge is 0.507 e. The highest BCUT2D eigenvalue weighted by molar-refractivity contribution is 5.99. The zero-order valence-corrected chi connectivity index (χ0v) is 9.06. The van der Waals surface area contributed by atoms with Gasteiger partial charge in [-0.25, -0.2) is 0 Å². The van der Waals surface area contributed by atoms with Gasteiger partial charge in [0, 0.05) is 12.7 Å². The number of primary amides is 1. The van der Waals surface area contributed by atoms with E-state index in [2.05, 4.69) is 20.7 Å². The summed E-state index contributed by atoms with van der Waals surface area (Å²) in [5.41, 5.74) is 6.40. The van der Waals surface area contributed by atoms with E-state index in [0.29, 0.717) is 11.3 Å². The van der Waals surface area contributed by atoms with E-state index in [-0.39, 0.29) is 17.1 Å². The number of amides is 1. The van der Waals surface area contributed by atoms with Crippen LogP contribution in [-0.2, 0) is 0 Å². The molecule has 88 valence electrons. The number of carbonyl (C=O) groups is 1. The van der Waals surface area contributed by atoms with E-state index in [0.717, 1.165) is 0 Å². The van der Waals surface area contributed by atoms with Crippen LogP contribution in [0.15, 0.2) is 18.2 Å². The Labute approximate surface area is 96.6 Å². The van der Waals surface area contributed by atoms with Gasteiger partial charge in [-0.05, 0) is 12.1 Å². The molecule has 17 heavy (non-hydrogen) atoms. The third kappa shape index (κ3) is 1.78. The van der Waals surface area contributed by atoms with Crippen molar-refractivity contribution in [3.63, 3.8) is 0 Å². The van der Waals surface area contributed by atoms with E-state index in [1.807, 2.05) is 0 Å². The Morgan fingerprint density at radius 1 is 1.47 bits per heavy atom. The fourth-order valence-electron chi connectivity index (χ4n) is 1.57. The Bertz CT molecular complexity index is 564. The summed E-state index contributed by atoms with van der Waals surface area (Å²) < 4.78 is 0. The minimum absolute atomic E-state index is 0.00625. The number of hydrogen-bond donors (Lipinski definition) is 4. The zero-order chi connectivity index (χ0) is 12.4. The SMILES string of the molecule is CNc1cccc(O)c1-c1n[nH]nc1C(N)=O. The van der Waals surface area contributed by atoms with E-state index >= 15 is 0 Å². The first-order chi connectivity index (χ1) is 8.15. The molecule has 1 aromatic carbocycles. The van der Waals surface area contributed by atoms with Crippen molar-refractivity contribution >= 4 is 11.6 Å². The van der Waals surface area contributed by atoms with E-state index in [1.165, 1.54) is 6.07 Å². The predicted molar refractivity (Wildman–Crippen MR) is 61.5 cm³/mol. The number of benzene rings is 1. The molecule has 7 nitrogen and oxygen atoms in total. The minimum Gasteiger partial charge on any atom is -0.507 e. The topological polar surface area (TPSA) is 117 Å². The van der Waals surface area contributed by atoms with Crippen molar-refractivity contribution < 1.29 is 9.90 Å². The normalized spacial score (nSPS) is 10.2. The van der Waals surface area contributed by atoms with Crippen molar-refractivity contribution in [3.05, 3.63) is 23.9 Å². The lowest BCUT2D eigenvalue weighted by molar-refractivity contribution is 0.0996. The third-order valence-corrected chi connectivity index (χ3v) is 2.33. The number of hydrogen-bond acceptors (Lipinski definition) is 5. The van der Waals surface area contributed by atoms with Gasteiger partial charge in [0.2, 0.25) is 0 Å². The lowest BCUT2D eigenvalue weighted by Crippen LogP contribution is -2.13. The molecule has 0 aliphatic carbocycles. The molecule has 5 N–H and O–H groups in total. The average Bonchev–Trinajstić information content (AvgIpc) is 2.77. The van der Waals surface area contributed by atoms with Crippen LogP contribution in [0.25, 0.3) is 11.3 Å². The van der Waals surface area contributed by atoms with Crippen LogP contribution in [0.5, 0.6) is 5.75 Å². The first-order valence-corrected chi connectivity index (χ1v) is 4.85. The summed E-state index contributed by atoms with van der Waals surface area (Å²) in [6.07, 6.45) is 0. The van der Waals surface area contributed by atoms with Crippen molar-refractivity contribution in [2.45, 2.75) is 0 Å². The summed E-state index contributed by atoms with van der Waals surface area (Å²) in [6.45, 7) is 0. The maximum atomic E-state index is 11.2. The molecular formula is C10H11N5O2. The molecule has 2 rings (SSSR count). The first kappa shape index (κ1) is 10.9. The Balaban J connectivity index is 2.68. The van der Waals surface area contributed by atoms with Gasteiger partial charge in [0.15, 0.2) is 5.69 Å². The molecule has 0 aliphatic rings. The Kier molecular flexibility index (Phi) is 2.65. The Morgan fingerprint density at radius 3 is 2.88 bits per heavy atom. The predicted octanol–water partition coefficient (Wildman–Crippen LogP) is 0.318. The van der Waals surface area contributed by atoms with E-state index in [9.17, 15) is 9.90 Å². The molecule has 0 saturated carbocycles. The number of carbonyl (C=O) groups excluding carboxylic acids is 1. The van der Waals surface area contributed by atoms with Crippen LogP contribution < -0.4 is 11.1 Å². The molecule has 0 bridgehead atoms. The molecule has 1 amide bonds. The van der Waals surface area contributed by atoms with Gasteiger partial charge in [0.25, 0.3) is 5.91 Å². The fourth-order valence-corrected chi connectivity index (χ4v) is 1.57. The molecule has 0 spiro atoms. The van der Waals surface area contributed by atoms with E-state index < -0.39 is 5.91 Å². The molecule has 0 fully saturated rings. The van der Waals surface area contributed by atoms with Crippen molar-refractivity contribution in [2.75, 3.05) is 12.4 Å². The summed E-state index contributed by atoms with van der Waals surface area (Å²) in [6, 6.07) is 4.92. The summed E-state index contributed by atoms with van der Waals surface area (Å²) in [7, 11) is 1.70. The Morgan fingerprint density at radius 2 is 2.24 bits per heavy atom. The smallest absolute Gasteiger partial charge is 0.271 e. The van der Waals surface area contributed by atoms with Gasteiger partial charge >= 0.3 is 0 Å². The standard InChI is InChI=1S/C10H11N5O2/c1-12-5-3-2-4-6(16)7(5)8-9(10(11)17)14-15-13-8/h2-4,12,16H,1H3,(H2,11,17)(H,13,14,15). The molecule has 0 aliphatic heterocycles. The molecule has 1 aromatic heterocycles. The van der Waals surface area contributed by atoms with Crippen LogP contribution in [0, 0.1) is 0 Å². The number of aromatic nitrogens is 3. The molecule has 0 saturated heterocycles. The highest BCUT2D eigenvalue weighted by Crippen LogP contribution is 2.35. The summed E-state index contributed by atoms with van der Waals surface area (Å²) in [4.78, 5) is 11.2. The fraction of sp³-hybridized carbons (Fsp3) is 0.100. The number of H-pyrrole nitrogens is 1. The monoisotopic (exact) mass is 233 g/mol. The third-order valence-electron chi connectivity index (χ3n) is 2.33. The van der Waals surface area contributed by atoms with Crippen LogP contribution in [0.1, 0.15) is 10.5 Å². The number of nitrogens with one attached hydrogen (secondary N) is 2. The van der Waals surface area contributed by atoms with Gasteiger partial charge in [0.05, 0.1) is 5.56 Å². The number of anilines is 1. The molecule has 0 unspecified atom stereocenters. The second-order valence-corrected chi connectivity index (χ2v) is 3.33. The van der Waals surface area contributed by atoms with Crippen LogP contribution in [0.4, 0.5) is 5.69 Å². The lowest BCUT2D eigenvalue weighted by atomic mass is 10.1. The maximum Gasteiger partial charge on any atom is 0.271 e. The number of aromatic hydroxyl groups is 1. The van der Waals surface area contributed by atoms with Crippen LogP contribution in [0.3, 0.4) is 0 Å². The molecule has 2 aromatic rings. The van der Waals surface area contributed by atoms with Crippen LogP contribution in [-0.4, -0.2) is 33.5 Å². The molecule has 1 heterocycles. The molecular weight excluding hydrogens is 222 g/mol. The highest BCUT2D eigenvalue weighted by atomic mass is 16.3. The maximum absolute atomic E-state index is 11.2. The van der Waals surface area contributed by atoms with E-state index in [4.69, 9.17) is 5.73 Å². The van der Waals surface area contributed by atoms with Crippen molar-refractivity contribution in [1.29, 1.82) is 0 Å². The van der Waals surface area contributed by atoms with Crippen molar-refractivity contribution in [1.82, 2.24) is 15.4 Å².